The quantitative estimate of drug-likeness (QED) is 0.939. The van der Waals surface area contributed by atoms with E-state index in [-0.39, 0.29) is 11.2 Å². The van der Waals surface area contributed by atoms with Gasteiger partial charge >= 0.3 is 0 Å². The van der Waals surface area contributed by atoms with E-state index in [1.807, 2.05) is 5.38 Å². The van der Waals surface area contributed by atoms with Crippen molar-refractivity contribution in [3.63, 3.8) is 0 Å². The second-order valence-electron chi connectivity index (χ2n) is 4.78. The maximum Gasteiger partial charge on any atom is 0.287 e. The Morgan fingerprint density at radius 2 is 2.20 bits per heavy atom. The van der Waals surface area contributed by atoms with E-state index in [4.69, 9.17) is 4.42 Å². The number of aromatic nitrogens is 1. The van der Waals surface area contributed by atoms with Gasteiger partial charge in [0.25, 0.3) is 5.91 Å². The second kappa shape index (κ2) is 6.00. The van der Waals surface area contributed by atoms with Crippen molar-refractivity contribution in [1.82, 2.24) is 10.3 Å². The highest BCUT2D eigenvalue weighted by Crippen LogP contribution is 2.18. The molecule has 2 rings (SSSR count). The van der Waals surface area contributed by atoms with Gasteiger partial charge in [0.05, 0.1) is 17.2 Å². The van der Waals surface area contributed by atoms with Gasteiger partial charge in [0.1, 0.15) is 5.76 Å². The van der Waals surface area contributed by atoms with Crippen LogP contribution < -0.4 is 10.7 Å². The fraction of sp³-hybridized carbons (Fsp3) is 0.357. The average Bonchev–Trinajstić information content (AvgIpc) is 2.83. The van der Waals surface area contributed by atoms with E-state index in [2.05, 4.69) is 24.1 Å². The number of thiazole rings is 1. The van der Waals surface area contributed by atoms with Crippen LogP contribution in [0.5, 0.6) is 0 Å². The normalized spacial score (nSPS) is 10.8. The summed E-state index contributed by atoms with van der Waals surface area (Å²) < 4.78 is 5.22. The molecule has 106 valence electrons. The van der Waals surface area contributed by atoms with E-state index in [9.17, 15) is 9.59 Å². The molecule has 2 heterocycles. The van der Waals surface area contributed by atoms with Gasteiger partial charge in [-0.2, -0.15) is 0 Å². The Kier molecular flexibility index (Phi) is 4.34. The van der Waals surface area contributed by atoms with Crippen LogP contribution in [-0.4, -0.2) is 10.9 Å². The molecule has 2 aromatic rings. The minimum atomic E-state index is -0.412. The fourth-order valence-electron chi connectivity index (χ4n) is 1.64. The van der Waals surface area contributed by atoms with Crippen LogP contribution in [0.2, 0.25) is 0 Å². The van der Waals surface area contributed by atoms with Crippen molar-refractivity contribution >= 4 is 17.2 Å². The number of aryl methyl sites for hydroxylation is 1. The van der Waals surface area contributed by atoms with Gasteiger partial charge in [-0.25, -0.2) is 4.98 Å². The summed E-state index contributed by atoms with van der Waals surface area (Å²) in [4.78, 5) is 27.6. The van der Waals surface area contributed by atoms with Crippen molar-refractivity contribution in [3.8, 4) is 0 Å². The number of amides is 1. The van der Waals surface area contributed by atoms with Crippen molar-refractivity contribution < 1.29 is 9.21 Å². The molecule has 5 nitrogen and oxygen atoms in total. The van der Waals surface area contributed by atoms with Gasteiger partial charge in [0, 0.05) is 23.4 Å². The first-order chi connectivity index (χ1) is 9.45. The smallest absolute Gasteiger partial charge is 0.287 e. The van der Waals surface area contributed by atoms with E-state index in [0.717, 1.165) is 10.7 Å². The highest BCUT2D eigenvalue weighted by atomic mass is 32.1. The van der Waals surface area contributed by atoms with E-state index in [0.29, 0.717) is 18.2 Å². The molecule has 20 heavy (non-hydrogen) atoms. The molecule has 1 amide bonds. The Morgan fingerprint density at radius 1 is 1.45 bits per heavy atom. The average molecular weight is 292 g/mol. The summed E-state index contributed by atoms with van der Waals surface area (Å²) in [6, 6.07) is 2.52. The number of nitrogens with one attached hydrogen (secondary N) is 1. The van der Waals surface area contributed by atoms with Crippen LogP contribution >= 0.6 is 11.3 Å². The lowest BCUT2D eigenvalue weighted by atomic mass is 10.2. The van der Waals surface area contributed by atoms with Crippen molar-refractivity contribution in [1.29, 1.82) is 0 Å². The third-order valence-electron chi connectivity index (χ3n) is 2.61. The zero-order valence-corrected chi connectivity index (χ0v) is 12.4. The lowest BCUT2D eigenvalue weighted by Crippen LogP contribution is -2.24. The largest absolute Gasteiger partial charge is 0.456 e. The first-order valence-electron chi connectivity index (χ1n) is 6.30. The number of hydrogen-bond acceptors (Lipinski definition) is 5. The first-order valence-corrected chi connectivity index (χ1v) is 7.18. The standard InChI is InChI=1S/C14H16N2O3S/c1-8(2)14-16-10(7-20-14)6-15-13(18)12-5-11(17)4-9(3)19-12/h4-5,7-8H,6H2,1-3H3,(H,15,18). The van der Waals surface area contributed by atoms with Gasteiger partial charge in [0.15, 0.2) is 11.2 Å². The first kappa shape index (κ1) is 14.5. The van der Waals surface area contributed by atoms with Crippen LogP contribution in [0.1, 0.15) is 46.8 Å². The third kappa shape index (κ3) is 3.54. The van der Waals surface area contributed by atoms with Crippen LogP contribution in [0.15, 0.2) is 26.7 Å². The minimum Gasteiger partial charge on any atom is -0.456 e. The van der Waals surface area contributed by atoms with Crippen LogP contribution in [-0.2, 0) is 6.54 Å². The summed E-state index contributed by atoms with van der Waals surface area (Å²) in [5.41, 5.74) is 0.566. The van der Waals surface area contributed by atoms with Crippen molar-refractivity contribution in [2.45, 2.75) is 33.2 Å². The van der Waals surface area contributed by atoms with Gasteiger partial charge in [-0.3, -0.25) is 9.59 Å². The summed E-state index contributed by atoms with van der Waals surface area (Å²) in [6.07, 6.45) is 0. The van der Waals surface area contributed by atoms with E-state index in [1.54, 1.807) is 18.3 Å². The van der Waals surface area contributed by atoms with Crippen LogP contribution in [0.3, 0.4) is 0 Å². The van der Waals surface area contributed by atoms with Gasteiger partial charge in [-0.1, -0.05) is 13.8 Å². The van der Waals surface area contributed by atoms with E-state index >= 15 is 0 Å². The molecule has 0 aliphatic heterocycles. The molecule has 2 aromatic heterocycles. The van der Waals surface area contributed by atoms with Crippen LogP contribution in [0.4, 0.5) is 0 Å². The molecule has 0 saturated carbocycles. The summed E-state index contributed by atoms with van der Waals surface area (Å²) >= 11 is 1.57. The Bertz CT molecular complexity index is 673. The van der Waals surface area contributed by atoms with Crippen molar-refractivity contribution in [2.75, 3.05) is 0 Å². The Labute approximate surface area is 120 Å². The molecule has 0 bridgehead atoms. The molecular formula is C14H16N2O3S. The molecule has 6 heteroatoms. The number of hydrogen-bond donors (Lipinski definition) is 1. The molecular weight excluding hydrogens is 276 g/mol. The van der Waals surface area contributed by atoms with Crippen LogP contribution in [0, 0.1) is 6.92 Å². The second-order valence-corrected chi connectivity index (χ2v) is 5.67. The number of carbonyl (C=O) groups is 1. The summed E-state index contributed by atoms with van der Waals surface area (Å²) in [7, 11) is 0. The summed E-state index contributed by atoms with van der Waals surface area (Å²) in [6.45, 7) is 6.10. The lowest BCUT2D eigenvalue weighted by molar-refractivity contribution is 0.0918. The van der Waals surface area contributed by atoms with E-state index in [1.165, 1.54) is 12.1 Å². The van der Waals surface area contributed by atoms with Gasteiger partial charge in [-0.15, -0.1) is 11.3 Å². The fourth-order valence-corrected chi connectivity index (χ4v) is 2.48. The molecule has 0 aliphatic rings. The SMILES string of the molecule is Cc1cc(=O)cc(C(=O)NCc2csc(C(C)C)n2)o1. The molecule has 0 radical (unpaired) electrons. The van der Waals surface area contributed by atoms with Crippen molar-refractivity contribution in [3.05, 3.63) is 50.0 Å². The van der Waals surface area contributed by atoms with Gasteiger partial charge < -0.3 is 9.73 Å². The third-order valence-corrected chi connectivity index (χ3v) is 3.80. The zero-order chi connectivity index (χ0) is 14.7. The van der Waals surface area contributed by atoms with E-state index < -0.39 is 5.91 Å². The monoisotopic (exact) mass is 292 g/mol. The maximum atomic E-state index is 11.9. The summed E-state index contributed by atoms with van der Waals surface area (Å²) in [5.74, 6) is 0.400. The zero-order valence-electron chi connectivity index (χ0n) is 11.6. The van der Waals surface area contributed by atoms with Gasteiger partial charge in [0.2, 0.25) is 0 Å². The van der Waals surface area contributed by atoms with Crippen molar-refractivity contribution in [2.24, 2.45) is 0 Å². The highest BCUT2D eigenvalue weighted by molar-refractivity contribution is 7.09. The number of carbonyl (C=O) groups excluding carboxylic acids is 1. The Balaban J connectivity index is 2.02. The minimum absolute atomic E-state index is 0.0225. The molecule has 1 N–H and O–H groups in total. The predicted octanol–water partition coefficient (Wildman–Crippen LogP) is 2.46. The molecule has 0 aromatic carbocycles. The number of rotatable bonds is 4. The summed E-state index contributed by atoms with van der Waals surface area (Å²) in [5, 5.41) is 5.65. The molecule has 0 saturated heterocycles. The molecule has 0 fully saturated rings. The topological polar surface area (TPSA) is 72.2 Å². The van der Waals surface area contributed by atoms with Gasteiger partial charge in [-0.05, 0) is 6.92 Å². The predicted molar refractivity (Wildman–Crippen MR) is 77.1 cm³/mol. The lowest BCUT2D eigenvalue weighted by Gasteiger charge is -2.03. The molecule has 0 atom stereocenters. The Morgan fingerprint density at radius 3 is 2.80 bits per heavy atom. The molecule has 0 spiro atoms. The Hall–Kier alpha value is -1.95. The maximum absolute atomic E-state index is 11.9. The van der Waals surface area contributed by atoms with Crippen LogP contribution in [0.25, 0.3) is 0 Å². The highest BCUT2D eigenvalue weighted by Gasteiger charge is 2.11. The number of nitrogens with zero attached hydrogens (tertiary/aromatic N) is 1. The molecule has 0 unspecified atom stereocenters. The molecule has 0 aliphatic carbocycles.